The molecule has 0 spiro atoms. The molecular formula is C11H18N2O2S2. The van der Waals surface area contributed by atoms with Crippen LogP contribution in [0.15, 0.2) is 5.38 Å². The fourth-order valence-corrected chi connectivity index (χ4v) is 4.17. The molecule has 0 amide bonds. The van der Waals surface area contributed by atoms with E-state index in [9.17, 15) is 8.42 Å². The predicted octanol–water partition coefficient (Wildman–Crippen LogP) is 1.37. The van der Waals surface area contributed by atoms with Gasteiger partial charge in [0.25, 0.3) is 0 Å². The lowest BCUT2D eigenvalue weighted by atomic mass is 10.1. The Labute approximate surface area is 106 Å². The van der Waals surface area contributed by atoms with Crippen LogP contribution in [0.4, 0.5) is 0 Å². The molecule has 1 aliphatic rings. The Bertz CT molecular complexity index is 454. The summed E-state index contributed by atoms with van der Waals surface area (Å²) in [7, 11) is -2.75. The molecule has 2 heterocycles. The first kappa shape index (κ1) is 13.0. The molecule has 1 aliphatic heterocycles. The molecule has 0 radical (unpaired) electrons. The molecule has 0 atom stereocenters. The van der Waals surface area contributed by atoms with Crippen molar-refractivity contribution in [1.82, 2.24) is 10.3 Å². The number of nitrogens with one attached hydrogen (secondary N) is 1. The quantitative estimate of drug-likeness (QED) is 0.901. The second kappa shape index (κ2) is 5.46. The molecule has 1 aromatic heterocycles. The zero-order chi connectivity index (χ0) is 12.3. The average molecular weight is 274 g/mol. The third-order valence-electron chi connectivity index (χ3n) is 3.03. The zero-order valence-corrected chi connectivity index (χ0v) is 11.6. The summed E-state index contributed by atoms with van der Waals surface area (Å²) >= 11 is 1.69. The fourth-order valence-electron chi connectivity index (χ4n) is 1.94. The summed E-state index contributed by atoms with van der Waals surface area (Å²) in [5.41, 5.74) is 1.07. The monoisotopic (exact) mass is 274 g/mol. The first-order valence-corrected chi connectivity index (χ1v) is 8.66. The standard InChI is InChI=1S/C11H18N2O2S2/c1-2-11-13-10(8-16-11)7-12-9-3-5-17(14,15)6-4-9/h8-9,12H,2-7H2,1H3. The van der Waals surface area contributed by atoms with E-state index in [4.69, 9.17) is 0 Å². The minimum atomic E-state index is -2.75. The molecule has 6 heteroatoms. The maximum atomic E-state index is 11.3. The molecule has 17 heavy (non-hydrogen) atoms. The van der Waals surface area contributed by atoms with E-state index in [1.54, 1.807) is 11.3 Å². The Morgan fingerprint density at radius 2 is 2.18 bits per heavy atom. The lowest BCUT2D eigenvalue weighted by molar-refractivity contribution is 0.460. The number of rotatable bonds is 4. The first-order valence-electron chi connectivity index (χ1n) is 5.96. The van der Waals surface area contributed by atoms with Crippen LogP contribution in [0.3, 0.4) is 0 Å². The summed E-state index contributed by atoms with van der Waals surface area (Å²) in [5.74, 6) is 0.643. The van der Waals surface area contributed by atoms with Gasteiger partial charge >= 0.3 is 0 Å². The molecule has 0 aromatic carbocycles. The number of thiazole rings is 1. The van der Waals surface area contributed by atoms with E-state index in [1.807, 2.05) is 0 Å². The topological polar surface area (TPSA) is 59.1 Å². The Balaban J connectivity index is 1.79. The van der Waals surface area contributed by atoms with Crippen molar-refractivity contribution in [3.8, 4) is 0 Å². The van der Waals surface area contributed by atoms with Crippen molar-refractivity contribution in [2.24, 2.45) is 0 Å². The highest BCUT2D eigenvalue weighted by molar-refractivity contribution is 7.91. The van der Waals surface area contributed by atoms with Gasteiger partial charge in [-0.3, -0.25) is 0 Å². The lowest BCUT2D eigenvalue weighted by Crippen LogP contribution is -2.37. The third kappa shape index (κ3) is 3.76. The second-order valence-corrected chi connectivity index (χ2v) is 7.64. The number of aryl methyl sites for hydroxylation is 1. The molecule has 1 fully saturated rings. The molecule has 2 rings (SSSR count). The van der Waals surface area contributed by atoms with Crippen LogP contribution in [0.1, 0.15) is 30.5 Å². The molecule has 0 bridgehead atoms. The maximum absolute atomic E-state index is 11.3. The van der Waals surface area contributed by atoms with E-state index < -0.39 is 9.84 Å². The van der Waals surface area contributed by atoms with Gasteiger partial charge in [0.1, 0.15) is 9.84 Å². The molecule has 1 saturated heterocycles. The van der Waals surface area contributed by atoms with Crippen molar-refractivity contribution >= 4 is 21.2 Å². The Morgan fingerprint density at radius 3 is 2.76 bits per heavy atom. The van der Waals surface area contributed by atoms with Crippen LogP contribution < -0.4 is 5.32 Å². The summed E-state index contributed by atoms with van der Waals surface area (Å²) in [6.07, 6.45) is 2.44. The zero-order valence-electron chi connectivity index (χ0n) is 9.98. The molecule has 0 saturated carbocycles. The highest BCUT2D eigenvalue weighted by atomic mass is 32.2. The first-order chi connectivity index (χ1) is 8.09. The highest BCUT2D eigenvalue weighted by Crippen LogP contribution is 2.14. The van der Waals surface area contributed by atoms with E-state index in [0.717, 1.165) is 36.5 Å². The summed E-state index contributed by atoms with van der Waals surface area (Å²) in [6, 6.07) is 0.324. The van der Waals surface area contributed by atoms with Crippen molar-refractivity contribution in [2.75, 3.05) is 11.5 Å². The van der Waals surface area contributed by atoms with Crippen molar-refractivity contribution in [3.05, 3.63) is 16.1 Å². The molecule has 1 N–H and O–H groups in total. The fraction of sp³-hybridized carbons (Fsp3) is 0.727. The minimum Gasteiger partial charge on any atom is -0.308 e. The van der Waals surface area contributed by atoms with Crippen molar-refractivity contribution in [3.63, 3.8) is 0 Å². The summed E-state index contributed by atoms with van der Waals surface area (Å²) in [6.45, 7) is 2.85. The van der Waals surface area contributed by atoms with Gasteiger partial charge in [-0.25, -0.2) is 13.4 Å². The van der Waals surface area contributed by atoms with Gasteiger partial charge in [-0.1, -0.05) is 6.92 Å². The number of hydrogen-bond acceptors (Lipinski definition) is 5. The SMILES string of the molecule is CCc1nc(CNC2CCS(=O)(=O)CC2)cs1. The average Bonchev–Trinajstić information content (AvgIpc) is 2.75. The largest absolute Gasteiger partial charge is 0.308 e. The normalized spacial score (nSPS) is 20.5. The van der Waals surface area contributed by atoms with E-state index >= 15 is 0 Å². The van der Waals surface area contributed by atoms with Crippen LogP contribution in [-0.2, 0) is 22.8 Å². The van der Waals surface area contributed by atoms with Gasteiger partial charge in [-0.05, 0) is 19.3 Å². The van der Waals surface area contributed by atoms with Gasteiger partial charge in [0, 0.05) is 18.0 Å². The maximum Gasteiger partial charge on any atom is 0.150 e. The van der Waals surface area contributed by atoms with E-state index in [1.165, 1.54) is 0 Å². The van der Waals surface area contributed by atoms with Crippen molar-refractivity contribution in [2.45, 2.75) is 38.8 Å². The van der Waals surface area contributed by atoms with Crippen molar-refractivity contribution in [1.29, 1.82) is 0 Å². The number of hydrogen-bond donors (Lipinski definition) is 1. The second-order valence-electron chi connectivity index (χ2n) is 4.39. The molecule has 4 nitrogen and oxygen atoms in total. The molecule has 0 aliphatic carbocycles. The summed E-state index contributed by atoms with van der Waals surface area (Å²) < 4.78 is 22.5. The molecular weight excluding hydrogens is 256 g/mol. The Morgan fingerprint density at radius 1 is 1.47 bits per heavy atom. The van der Waals surface area contributed by atoms with E-state index in [2.05, 4.69) is 22.6 Å². The highest BCUT2D eigenvalue weighted by Gasteiger charge is 2.23. The number of nitrogens with zero attached hydrogens (tertiary/aromatic N) is 1. The summed E-state index contributed by atoms with van der Waals surface area (Å²) in [4.78, 5) is 4.48. The van der Waals surface area contributed by atoms with Gasteiger partial charge in [0.15, 0.2) is 0 Å². The Kier molecular flexibility index (Phi) is 4.17. The third-order valence-corrected chi connectivity index (χ3v) is 5.79. The van der Waals surface area contributed by atoms with E-state index in [0.29, 0.717) is 17.5 Å². The van der Waals surface area contributed by atoms with Gasteiger partial charge < -0.3 is 5.32 Å². The molecule has 0 unspecified atom stereocenters. The lowest BCUT2D eigenvalue weighted by Gasteiger charge is -2.22. The van der Waals surface area contributed by atoms with Crippen LogP contribution in [0.25, 0.3) is 0 Å². The van der Waals surface area contributed by atoms with Gasteiger partial charge in [0.2, 0.25) is 0 Å². The van der Waals surface area contributed by atoms with E-state index in [-0.39, 0.29) is 0 Å². The van der Waals surface area contributed by atoms with Crippen LogP contribution >= 0.6 is 11.3 Å². The van der Waals surface area contributed by atoms with Gasteiger partial charge in [-0.2, -0.15) is 0 Å². The van der Waals surface area contributed by atoms with Gasteiger partial charge in [0.05, 0.1) is 22.2 Å². The minimum absolute atomic E-state index is 0.321. The summed E-state index contributed by atoms with van der Waals surface area (Å²) in [5, 5.41) is 6.63. The molecule has 96 valence electrons. The van der Waals surface area contributed by atoms with Gasteiger partial charge in [-0.15, -0.1) is 11.3 Å². The van der Waals surface area contributed by atoms with Crippen LogP contribution in [-0.4, -0.2) is 30.9 Å². The Hall–Kier alpha value is -0.460. The van der Waals surface area contributed by atoms with Crippen LogP contribution in [0.2, 0.25) is 0 Å². The number of aromatic nitrogens is 1. The smallest absolute Gasteiger partial charge is 0.150 e. The predicted molar refractivity (Wildman–Crippen MR) is 70.0 cm³/mol. The number of sulfone groups is 1. The van der Waals surface area contributed by atoms with Crippen LogP contribution in [0, 0.1) is 0 Å². The van der Waals surface area contributed by atoms with Crippen LogP contribution in [0.5, 0.6) is 0 Å². The van der Waals surface area contributed by atoms with Crippen molar-refractivity contribution < 1.29 is 8.42 Å². The molecule has 1 aromatic rings.